The lowest BCUT2D eigenvalue weighted by Crippen LogP contribution is -2.44. The van der Waals surface area contributed by atoms with Crippen molar-refractivity contribution in [1.82, 2.24) is 71.1 Å². The lowest BCUT2D eigenvalue weighted by molar-refractivity contribution is -0.123. The monoisotopic (exact) mass is 1090 g/mol. The van der Waals surface area contributed by atoms with Gasteiger partial charge in [0.05, 0.1) is 0 Å². The van der Waals surface area contributed by atoms with Crippen molar-refractivity contribution in [2.45, 2.75) is 144 Å². The first kappa shape index (κ1) is 74.0. The van der Waals surface area contributed by atoms with Crippen LogP contribution in [0.4, 0.5) is 0 Å². The highest BCUT2D eigenvalue weighted by Gasteiger charge is 2.18. The summed E-state index contributed by atoms with van der Waals surface area (Å²) < 4.78 is 0. The van der Waals surface area contributed by atoms with E-state index in [2.05, 4.69) is 141 Å². The molecule has 0 radical (unpaired) electrons. The molecule has 0 aromatic heterocycles. The molecule has 0 heterocycles. The van der Waals surface area contributed by atoms with Gasteiger partial charge in [-0.3, -0.25) is 24.0 Å². The zero-order valence-electron chi connectivity index (χ0n) is 51.5. The molecule has 0 aliphatic carbocycles. The molecule has 0 atom stereocenters. The van der Waals surface area contributed by atoms with Crippen LogP contribution in [-0.4, -0.2) is 274 Å². The highest BCUT2D eigenvalue weighted by molar-refractivity contribution is 5.77. The molecule has 0 aromatic carbocycles. The average Bonchev–Trinajstić information content (AvgIpc) is 3.43. The third-order valence-electron chi connectivity index (χ3n) is 14.9. The molecule has 0 fully saturated rings. The van der Waals surface area contributed by atoms with E-state index in [0.717, 1.165) is 149 Å². The van der Waals surface area contributed by atoms with E-state index in [1.165, 1.54) is 0 Å². The standard InChI is InChI=1S/C58H122N14O5/c1-11-65(6)40-24-16-20-33-60-54(73)28-44-70(45-29-55(74)61-34-21-17-25-41-66(7)12-2)50-52-72(48-32-58(77)64-38-37-59-39-49-69(10)15-5)53-51-71(46-30-56(75)62-35-22-18-26-42-67(8)13-3)47-31-57(76)63-36-23-19-27-43-68(9)14-4/h59H,11-53H2,1-10H3,(H,60,73)(H,61,74)(H,62,75)(H,63,76)(H,64,77). The SMILES string of the molecule is CCN(C)CCCCCNC(=O)CCN(CCC(=O)NCCCCCN(C)CC)CCN(CCC(=O)NCCNCCN(C)CC)CCN(CCC(=O)NCCCCCN(C)CC)CCC(=O)NCCCCCN(C)CC. The number of hydrogen-bond donors (Lipinski definition) is 6. The number of rotatable bonds is 56. The van der Waals surface area contributed by atoms with Crippen LogP contribution in [0.1, 0.15) is 144 Å². The summed E-state index contributed by atoms with van der Waals surface area (Å²) in [5.74, 6) is 0.0534. The molecule has 0 aliphatic rings. The Labute approximate surface area is 472 Å². The fraction of sp³-hybridized carbons (Fsp3) is 0.914. The zero-order chi connectivity index (χ0) is 57.2. The average molecular weight is 1100 g/mol. The van der Waals surface area contributed by atoms with Crippen LogP contribution < -0.4 is 31.9 Å². The van der Waals surface area contributed by atoms with E-state index >= 15 is 0 Å². The number of likely N-dealkylation sites (N-methyl/N-ethyl adjacent to an activating group) is 1. The Morgan fingerprint density at radius 1 is 0.247 bits per heavy atom. The van der Waals surface area contributed by atoms with E-state index in [4.69, 9.17) is 0 Å². The summed E-state index contributed by atoms with van der Waals surface area (Å²) in [6, 6.07) is 0. The van der Waals surface area contributed by atoms with Crippen molar-refractivity contribution >= 4 is 29.5 Å². The maximum Gasteiger partial charge on any atom is 0.221 e. The Bertz CT molecular complexity index is 1280. The molecule has 77 heavy (non-hydrogen) atoms. The van der Waals surface area contributed by atoms with Gasteiger partial charge in [-0.2, -0.15) is 0 Å². The van der Waals surface area contributed by atoms with Crippen LogP contribution in [0.5, 0.6) is 0 Å². The normalized spacial score (nSPS) is 11.9. The summed E-state index contributed by atoms with van der Waals surface area (Å²) in [5, 5.41) is 19.0. The Morgan fingerprint density at radius 2 is 0.481 bits per heavy atom. The van der Waals surface area contributed by atoms with Crippen molar-refractivity contribution < 1.29 is 24.0 Å². The molecule has 0 bridgehead atoms. The van der Waals surface area contributed by atoms with Gasteiger partial charge in [0.25, 0.3) is 0 Å². The third-order valence-corrected chi connectivity index (χ3v) is 14.9. The van der Waals surface area contributed by atoms with E-state index in [1.54, 1.807) is 0 Å². The number of unbranched alkanes of at least 4 members (excludes halogenated alkanes) is 8. The lowest BCUT2D eigenvalue weighted by atomic mass is 10.2. The van der Waals surface area contributed by atoms with Gasteiger partial charge in [-0.25, -0.2) is 0 Å². The van der Waals surface area contributed by atoms with Crippen LogP contribution >= 0.6 is 0 Å². The van der Waals surface area contributed by atoms with Gasteiger partial charge < -0.3 is 71.1 Å². The maximum absolute atomic E-state index is 13.3. The second-order valence-corrected chi connectivity index (χ2v) is 21.5. The first-order chi connectivity index (χ1) is 37.1. The number of nitrogens with zero attached hydrogens (tertiary/aromatic N) is 8. The number of carbonyl (C=O) groups is 5. The van der Waals surface area contributed by atoms with Crippen molar-refractivity contribution in [2.24, 2.45) is 0 Å². The fourth-order valence-electron chi connectivity index (χ4n) is 8.43. The van der Waals surface area contributed by atoms with Crippen molar-refractivity contribution in [3.63, 3.8) is 0 Å². The van der Waals surface area contributed by atoms with Crippen LogP contribution in [0, 0.1) is 0 Å². The second-order valence-electron chi connectivity index (χ2n) is 21.5. The molecule has 0 unspecified atom stereocenters. The number of carbonyl (C=O) groups excluding carboxylic acids is 5. The Balaban J connectivity index is 6.07. The highest BCUT2D eigenvalue weighted by atomic mass is 16.2. The van der Waals surface area contributed by atoms with Gasteiger partial charge in [0.1, 0.15) is 0 Å². The topological polar surface area (TPSA) is 183 Å². The van der Waals surface area contributed by atoms with Gasteiger partial charge in [-0.05, 0) is 146 Å². The van der Waals surface area contributed by atoms with Crippen molar-refractivity contribution in [2.75, 3.05) is 205 Å². The summed E-state index contributed by atoms with van der Waals surface area (Å²) in [6.45, 7) is 30.9. The smallest absolute Gasteiger partial charge is 0.221 e. The molecule has 0 rings (SSSR count). The Morgan fingerprint density at radius 3 is 0.740 bits per heavy atom. The molecule has 19 heteroatoms. The second kappa shape index (κ2) is 52.4. The minimum Gasteiger partial charge on any atom is -0.356 e. The molecule has 454 valence electrons. The summed E-state index contributed by atoms with van der Waals surface area (Å²) in [6.07, 6.45) is 14.1. The van der Waals surface area contributed by atoms with Gasteiger partial charge in [-0.1, -0.05) is 60.3 Å². The molecule has 6 N–H and O–H groups in total. The van der Waals surface area contributed by atoms with Crippen LogP contribution in [-0.2, 0) is 24.0 Å². The zero-order valence-corrected chi connectivity index (χ0v) is 51.5. The van der Waals surface area contributed by atoms with Crippen molar-refractivity contribution in [3.8, 4) is 0 Å². The first-order valence-corrected chi connectivity index (χ1v) is 30.8. The quantitative estimate of drug-likeness (QED) is 0.0488. The summed E-state index contributed by atoms with van der Waals surface area (Å²) in [7, 11) is 10.6. The molecular weight excluding hydrogens is 973 g/mol. The molecule has 19 nitrogen and oxygen atoms in total. The summed E-state index contributed by atoms with van der Waals surface area (Å²) in [4.78, 5) is 84.2. The van der Waals surface area contributed by atoms with Crippen LogP contribution in [0.2, 0.25) is 0 Å². The summed E-state index contributed by atoms with van der Waals surface area (Å²) in [5.41, 5.74) is 0. The predicted octanol–water partition coefficient (Wildman–Crippen LogP) is 3.45. The summed E-state index contributed by atoms with van der Waals surface area (Å²) >= 11 is 0. The molecule has 0 saturated heterocycles. The van der Waals surface area contributed by atoms with E-state index in [0.29, 0.717) is 130 Å². The highest BCUT2D eigenvalue weighted by Crippen LogP contribution is 2.05. The minimum atomic E-state index is -0.0117. The molecule has 0 saturated carbocycles. The number of amides is 5. The van der Waals surface area contributed by atoms with Crippen molar-refractivity contribution in [1.29, 1.82) is 0 Å². The number of nitrogens with one attached hydrogen (secondary N) is 6. The predicted molar refractivity (Wildman–Crippen MR) is 322 cm³/mol. The van der Waals surface area contributed by atoms with Crippen LogP contribution in [0.15, 0.2) is 0 Å². The van der Waals surface area contributed by atoms with E-state index < -0.39 is 0 Å². The minimum absolute atomic E-state index is 0.0117. The Kier molecular flexibility index (Phi) is 50.3. The first-order valence-electron chi connectivity index (χ1n) is 30.8. The fourth-order valence-corrected chi connectivity index (χ4v) is 8.43. The molecule has 0 aromatic rings. The lowest BCUT2D eigenvalue weighted by Gasteiger charge is -2.30. The van der Waals surface area contributed by atoms with Gasteiger partial charge in [0.15, 0.2) is 0 Å². The largest absolute Gasteiger partial charge is 0.356 e. The third kappa shape index (κ3) is 48.6. The van der Waals surface area contributed by atoms with Gasteiger partial charge in [0.2, 0.25) is 29.5 Å². The van der Waals surface area contributed by atoms with Gasteiger partial charge >= 0.3 is 0 Å². The molecular formula is C58H122N14O5. The van der Waals surface area contributed by atoms with Crippen LogP contribution in [0.3, 0.4) is 0 Å². The maximum atomic E-state index is 13.3. The van der Waals surface area contributed by atoms with E-state index in [-0.39, 0.29) is 29.5 Å². The molecule has 0 aliphatic heterocycles. The van der Waals surface area contributed by atoms with Gasteiger partial charge in [0, 0.05) is 143 Å². The molecule has 0 spiro atoms. The number of hydrogen-bond acceptors (Lipinski definition) is 14. The van der Waals surface area contributed by atoms with E-state index in [1.807, 2.05) is 0 Å². The molecule has 5 amide bonds. The van der Waals surface area contributed by atoms with Crippen LogP contribution in [0.25, 0.3) is 0 Å². The Hall–Kier alpha value is -3.01. The van der Waals surface area contributed by atoms with E-state index in [9.17, 15) is 24.0 Å². The van der Waals surface area contributed by atoms with Crippen molar-refractivity contribution in [3.05, 3.63) is 0 Å². The van der Waals surface area contributed by atoms with Gasteiger partial charge in [-0.15, -0.1) is 0 Å².